The number of nitrogens with zero attached hydrogens (tertiary/aromatic N) is 4. The quantitative estimate of drug-likeness (QED) is 0.266. The topological polar surface area (TPSA) is 62.1 Å². The Hall–Kier alpha value is -3.97. The number of benzene rings is 3. The highest BCUT2D eigenvalue weighted by Gasteiger charge is 2.16. The second-order valence-electron chi connectivity index (χ2n) is 7.70. The van der Waals surface area contributed by atoms with Crippen LogP contribution in [0.4, 0.5) is 0 Å². The zero-order valence-corrected chi connectivity index (χ0v) is 19.8. The van der Waals surface area contributed by atoms with Crippen LogP contribution in [-0.2, 0) is 6.61 Å². The average Bonchev–Trinajstić information content (AvgIpc) is 3.51. The first-order valence-electron chi connectivity index (χ1n) is 11.1. The van der Waals surface area contributed by atoms with Crippen molar-refractivity contribution in [1.82, 2.24) is 20.0 Å². The molecular formula is C27H24N4O2S. The van der Waals surface area contributed by atoms with Gasteiger partial charge in [0.25, 0.3) is 0 Å². The lowest BCUT2D eigenvalue weighted by atomic mass is 10.2. The Morgan fingerprint density at radius 2 is 1.56 bits per heavy atom. The Bertz CT molecular complexity index is 1360. The third-order valence-corrected chi connectivity index (χ3v) is 6.24. The normalized spacial score (nSPS) is 10.9. The fourth-order valence-electron chi connectivity index (χ4n) is 3.60. The summed E-state index contributed by atoms with van der Waals surface area (Å²) in [5.74, 6) is 1.67. The van der Waals surface area contributed by atoms with Crippen LogP contribution in [-0.4, -0.2) is 26.6 Å². The lowest BCUT2D eigenvalue weighted by molar-refractivity contribution is 0.306. The van der Waals surface area contributed by atoms with Gasteiger partial charge in [-0.25, -0.2) is 9.67 Å². The lowest BCUT2D eigenvalue weighted by Crippen LogP contribution is -2.00. The van der Waals surface area contributed by atoms with Crippen molar-refractivity contribution in [3.8, 4) is 39.1 Å². The van der Waals surface area contributed by atoms with Crippen molar-refractivity contribution in [2.24, 2.45) is 0 Å². The number of rotatable bonds is 8. The zero-order valence-electron chi connectivity index (χ0n) is 19.0. The molecule has 0 fully saturated rings. The molecule has 3 aromatic carbocycles. The third kappa shape index (κ3) is 4.70. The molecule has 0 N–H and O–H groups in total. The molecule has 2 aromatic heterocycles. The summed E-state index contributed by atoms with van der Waals surface area (Å²) in [4.78, 5) is 4.80. The van der Waals surface area contributed by atoms with Crippen LogP contribution in [0.1, 0.15) is 18.2 Å². The molecule has 2 heterocycles. The molecule has 0 aliphatic carbocycles. The number of hydrogen-bond acceptors (Lipinski definition) is 6. The molecule has 0 aliphatic rings. The Balaban J connectivity index is 1.31. The summed E-state index contributed by atoms with van der Waals surface area (Å²) in [5, 5.41) is 11.7. The molecule has 0 radical (unpaired) electrons. The van der Waals surface area contributed by atoms with Gasteiger partial charge in [0.2, 0.25) is 0 Å². The molecule has 0 atom stereocenters. The molecule has 0 spiro atoms. The van der Waals surface area contributed by atoms with E-state index >= 15 is 0 Å². The van der Waals surface area contributed by atoms with Gasteiger partial charge in [-0.15, -0.1) is 16.4 Å². The van der Waals surface area contributed by atoms with E-state index in [1.54, 1.807) is 11.3 Å². The minimum Gasteiger partial charge on any atom is -0.494 e. The largest absolute Gasteiger partial charge is 0.494 e. The van der Waals surface area contributed by atoms with Crippen molar-refractivity contribution >= 4 is 11.3 Å². The molecule has 5 rings (SSSR count). The highest BCUT2D eigenvalue weighted by Crippen LogP contribution is 2.31. The molecule has 0 saturated carbocycles. The van der Waals surface area contributed by atoms with E-state index < -0.39 is 0 Å². The summed E-state index contributed by atoms with van der Waals surface area (Å²) in [6.45, 7) is 5.17. The van der Waals surface area contributed by atoms with Crippen LogP contribution in [0.2, 0.25) is 0 Å². The molecule has 0 amide bonds. The van der Waals surface area contributed by atoms with Crippen molar-refractivity contribution in [2.45, 2.75) is 20.5 Å². The van der Waals surface area contributed by atoms with Gasteiger partial charge >= 0.3 is 0 Å². The summed E-state index contributed by atoms with van der Waals surface area (Å²) < 4.78 is 13.2. The minimum atomic E-state index is 0.535. The minimum absolute atomic E-state index is 0.535. The van der Waals surface area contributed by atoms with E-state index in [0.717, 1.165) is 50.4 Å². The fourth-order valence-corrected chi connectivity index (χ4v) is 4.46. The summed E-state index contributed by atoms with van der Waals surface area (Å²) >= 11 is 1.56. The standard InChI is InChI=1S/C27H24N4O2S/c1-3-32-23-13-9-21(10-14-23)25-18-34-27(28-25)26-19(2)31(30-29-26)22-11-15-24(16-12-22)33-17-20-7-5-4-6-8-20/h4-16,18H,3,17H2,1-2H3. The van der Waals surface area contributed by atoms with E-state index in [0.29, 0.717) is 13.2 Å². The van der Waals surface area contributed by atoms with Gasteiger partial charge in [0.05, 0.1) is 23.7 Å². The molecule has 0 saturated heterocycles. The van der Waals surface area contributed by atoms with Crippen LogP contribution in [0.5, 0.6) is 11.5 Å². The summed E-state index contributed by atoms with van der Waals surface area (Å²) in [6, 6.07) is 26.0. The summed E-state index contributed by atoms with van der Waals surface area (Å²) in [5.41, 5.74) is 5.74. The van der Waals surface area contributed by atoms with Gasteiger partial charge in [-0.05, 0) is 67.9 Å². The predicted octanol–water partition coefficient (Wildman–Crippen LogP) is 6.34. The third-order valence-electron chi connectivity index (χ3n) is 5.39. The van der Waals surface area contributed by atoms with Crippen LogP contribution in [0.15, 0.2) is 84.2 Å². The summed E-state index contributed by atoms with van der Waals surface area (Å²) in [7, 11) is 0. The lowest BCUT2D eigenvalue weighted by Gasteiger charge is -2.08. The van der Waals surface area contributed by atoms with Gasteiger partial charge in [0.15, 0.2) is 0 Å². The van der Waals surface area contributed by atoms with E-state index in [4.69, 9.17) is 14.5 Å². The molecule has 0 unspecified atom stereocenters. The second kappa shape index (κ2) is 9.89. The van der Waals surface area contributed by atoms with Crippen LogP contribution in [0.3, 0.4) is 0 Å². The fraction of sp³-hybridized carbons (Fsp3) is 0.148. The number of ether oxygens (including phenoxy) is 2. The van der Waals surface area contributed by atoms with Gasteiger partial charge in [-0.2, -0.15) is 0 Å². The number of aromatic nitrogens is 4. The first-order chi connectivity index (χ1) is 16.7. The zero-order chi connectivity index (χ0) is 23.3. The molecule has 170 valence electrons. The van der Waals surface area contributed by atoms with Gasteiger partial charge in [-0.3, -0.25) is 0 Å². The van der Waals surface area contributed by atoms with Gasteiger partial charge in [0, 0.05) is 10.9 Å². The van der Waals surface area contributed by atoms with Crippen LogP contribution < -0.4 is 9.47 Å². The van der Waals surface area contributed by atoms with Crippen molar-refractivity contribution in [1.29, 1.82) is 0 Å². The van der Waals surface area contributed by atoms with Crippen molar-refractivity contribution < 1.29 is 9.47 Å². The SMILES string of the molecule is CCOc1ccc(-c2csc(-c3nnn(-c4ccc(OCc5ccccc5)cc4)c3C)n2)cc1. The van der Waals surface area contributed by atoms with E-state index in [9.17, 15) is 0 Å². The van der Waals surface area contributed by atoms with Crippen molar-refractivity contribution in [3.05, 3.63) is 95.5 Å². The maximum absolute atomic E-state index is 5.89. The van der Waals surface area contributed by atoms with Crippen LogP contribution in [0.25, 0.3) is 27.6 Å². The maximum atomic E-state index is 5.89. The summed E-state index contributed by atoms with van der Waals surface area (Å²) in [6.07, 6.45) is 0. The van der Waals surface area contributed by atoms with Crippen molar-refractivity contribution in [2.75, 3.05) is 6.61 Å². The smallest absolute Gasteiger partial charge is 0.146 e. The molecule has 0 aliphatic heterocycles. The van der Waals surface area contributed by atoms with E-state index in [1.807, 2.05) is 90.6 Å². The molecule has 0 bridgehead atoms. The second-order valence-corrected chi connectivity index (χ2v) is 8.56. The highest BCUT2D eigenvalue weighted by atomic mass is 32.1. The van der Waals surface area contributed by atoms with Crippen LogP contribution in [0, 0.1) is 6.92 Å². The maximum Gasteiger partial charge on any atom is 0.146 e. The number of thiazole rings is 1. The van der Waals surface area contributed by atoms with Crippen molar-refractivity contribution in [3.63, 3.8) is 0 Å². The first kappa shape index (κ1) is 21.9. The highest BCUT2D eigenvalue weighted by molar-refractivity contribution is 7.13. The van der Waals surface area contributed by atoms with Gasteiger partial charge in [0.1, 0.15) is 28.8 Å². The molecular weight excluding hydrogens is 444 g/mol. The Kier molecular flexibility index (Phi) is 6.35. The van der Waals surface area contributed by atoms with E-state index in [-0.39, 0.29) is 0 Å². The van der Waals surface area contributed by atoms with E-state index in [2.05, 4.69) is 22.4 Å². The molecule has 34 heavy (non-hydrogen) atoms. The molecule has 6 nitrogen and oxygen atoms in total. The number of hydrogen-bond donors (Lipinski definition) is 0. The predicted molar refractivity (Wildman–Crippen MR) is 135 cm³/mol. The van der Waals surface area contributed by atoms with Crippen LogP contribution >= 0.6 is 11.3 Å². The van der Waals surface area contributed by atoms with Gasteiger partial charge < -0.3 is 9.47 Å². The molecule has 5 aromatic rings. The Morgan fingerprint density at radius 1 is 0.853 bits per heavy atom. The average molecular weight is 469 g/mol. The monoisotopic (exact) mass is 468 g/mol. The molecule has 7 heteroatoms. The Labute approximate surface area is 202 Å². The van der Waals surface area contributed by atoms with E-state index in [1.165, 1.54) is 0 Å². The Morgan fingerprint density at radius 3 is 2.29 bits per heavy atom. The van der Waals surface area contributed by atoms with Gasteiger partial charge in [-0.1, -0.05) is 35.5 Å². The first-order valence-corrected chi connectivity index (χ1v) is 12.0.